The average Bonchev–Trinajstić information content (AvgIpc) is 2.23. The molecule has 70 valence electrons. The van der Waals surface area contributed by atoms with Crippen LogP contribution in [0.3, 0.4) is 0 Å². The van der Waals surface area contributed by atoms with Crippen molar-refractivity contribution in [3.63, 3.8) is 0 Å². The molecule has 0 aliphatic carbocycles. The van der Waals surface area contributed by atoms with E-state index in [1.807, 2.05) is 30.3 Å². The van der Waals surface area contributed by atoms with Crippen LogP contribution >= 0.6 is 0 Å². The average molecular weight is 186 g/mol. The highest BCUT2D eigenvalue weighted by atomic mass is 16.1. The van der Waals surface area contributed by atoms with Crippen molar-refractivity contribution in [2.45, 2.75) is 6.92 Å². The predicted octanol–water partition coefficient (Wildman–Crippen LogP) is 1.54. The summed E-state index contributed by atoms with van der Waals surface area (Å²) in [7, 11) is 0. The topological polar surface area (TPSA) is 34.9 Å². The molecule has 0 bridgehead atoms. The van der Waals surface area contributed by atoms with Crippen LogP contribution < -0.4 is 5.56 Å². The summed E-state index contributed by atoms with van der Waals surface area (Å²) in [5.41, 5.74) is 1.30. The van der Waals surface area contributed by atoms with Crippen LogP contribution in [0.4, 0.5) is 0 Å². The number of para-hydroxylation sites is 1. The summed E-state index contributed by atoms with van der Waals surface area (Å²) in [5, 5.41) is 0. The van der Waals surface area contributed by atoms with E-state index in [-0.39, 0.29) is 5.56 Å². The largest absolute Gasteiger partial charge is 0.281 e. The van der Waals surface area contributed by atoms with E-state index in [2.05, 4.69) is 4.98 Å². The summed E-state index contributed by atoms with van der Waals surface area (Å²) >= 11 is 0. The van der Waals surface area contributed by atoms with Crippen LogP contribution in [-0.4, -0.2) is 9.55 Å². The van der Waals surface area contributed by atoms with E-state index in [0.717, 1.165) is 5.69 Å². The number of nitrogens with zero attached hydrogens (tertiary/aromatic N) is 2. The van der Waals surface area contributed by atoms with E-state index in [0.29, 0.717) is 5.69 Å². The van der Waals surface area contributed by atoms with Crippen LogP contribution in [0.25, 0.3) is 5.69 Å². The number of aromatic nitrogens is 2. The molecule has 1 heterocycles. The van der Waals surface area contributed by atoms with Gasteiger partial charge >= 0.3 is 0 Å². The fourth-order valence-electron chi connectivity index (χ4n) is 1.30. The summed E-state index contributed by atoms with van der Waals surface area (Å²) in [6, 6.07) is 9.50. The SMILES string of the molecule is Cc1nccn(-c2ccccc2)c1=O. The van der Waals surface area contributed by atoms with Gasteiger partial charge in [0.05, 0.1) is 0 Å². The summed E-state index contributed by atoms with van der Waals surface area (Å²) in [5.74, 6) is 0. The van der Waals surface area contributed by atoms with Crippen molar-refractivity contribution in [1.82, 2.24) is 9.55 Å². The molecule has 0 atom stereocenters. The number of benzene rings is 1. The van der Waals surface area contributed by atoms with E-state index in [9.17, 15) is 4.79 Å². The number of hydrogen-bond donors (Lipinski definition) is 0. The second-order valence-electron chi connectivity index (χ2n) is 3.02. The van der Waals surface area contributed by atoms with Crippen molar-refractivity contribution in [3.8, 4) is 5.69 Å². The molecule has 0 N–H and O–H groups in total. The molecule has 1 aromatic carbocycles. The maximum Gasteiger partial charge on any atom is 0.276 e. The van der Waals surface area contributed by atoms with E-state index < -0.39 is 0 Å². The second kappa shape index (κ2) is 3.46. The van der Waals surface area contributed by atoms with Crippen LogP contribution in [-0.2, 0) is 0 Å². The van der Waals surface area contributed by atoms with E-state index in [1.165, 1.54) is 0 Å². The fraction of sp³-hybridized carbons (Fsp3) is 0.0909. The molecule has 1 aromatic heterocycles. The minimum Gasteiger partial charge on any atom is -0.281 e. The van der Waals surface area contributed by atoms with Gasteiger partial charge in [-0.2, -0.15) is 0 Å². The lowest BCUT2D eigenvalue weighted by molar-refractivity contribution is 0.923. The van der Waals surface area contributed by atoms with Crippen LogP contribution in [0.15, 0.2) is 47.5 Å². The van der Waals surface area contributed by atoms with Gasteiger partial charge in [-0.1, -0.05) is 18.2 Å². The standard InChI is InChI=1S/C11H10N2O/c1-9-11(14)13(8-7-12-9)10-5-3-2-4-6-10/h2-8H,1H3. The molecule has 0 saturated heterocycles. The molecule has 3 heteroatoms. The third-order valence-electron chi connectivity index (χ3n) is 2.05. The normalized spacial score (nSPS) is 10.1. The van der Waals surface area contributed by atoms with Crippen molar-refractivity contribution in [2.24, 2.45) is 0 Å². The van der Waals surface area contributed by atoms with Gasteiger partial charge in [0, 0.05) is 18.1 Å². The molecule has 0 spiro atoms. The Labute approximate surface area is 81.7 Å². The highest BCUT2D eigenvalue weighted by Crippen LogP contribution is 2.02. The summed E-state index contributed by atoms with van der Waals surface area (Å²) < 4.78 is 1.59. The zero-order valence-electron chi connectivity index (χ0n) is 7.84. The summed E-state index contributed by atoms with van der Waals surface area (Å²) in [4.78, 5) is 15.6. The molecule has 0 radical (unpaired) electrons. The van der Waals surface area contributed by atoms with Gasteiger partial charge in [0.15, 0.2) is 0 Å². The first-order valence-corrected chi connectivity index (χ1v) is 4.39. The molecule has 0 amide bonds. The van der Waals surface area contributed by atoms with Crippen LogP contribution in [0.2, 0.25) is 0 Å². The molecule has 0 unspecified atom stereocenters. The fourth-order valence-corrected chi connectivity index (χ4v) is 1.30. The Hall–Kier alpha value is -1.90. The lowest BCUT2D eigenvalue weighted by Crippen LogP contribution is -2.20. The van der Waals surface area contributed by atoms with Crippen molar-refractivity contribution < 1.29 is 0 Å². The lowest BCUT2D eigenvalue weighted by Gasteiger charge is -2.04. The van der Waals surface area contributed by atoms with Crippen molar-refractivity contribution in [2.75, 3.05) is 0 Å². The minimum absolute atomic E-state index is 0.0706. The molecular weight excluding hydrogens is 176 g/mol. The monoisotopic (exact) mass is 186 g/mol. The lowest BCUT2D eigenvalue weighted by atomic mass is 10.3. The van der Waals surface area contributed by atoms with Gasteiger partial charge in [-0.05, 0) is 19.1 Å². The molecule has 14 heavy (non-hydrogen) atoms. The number of hydrogen-bond acceptors (Lipinski definition) is 2. The maximum atomic E-state index is 11.7. The van der Waals surface area contributed by atoms with Crippen molar-refractivity contribution >= 4 is 0 Å². The Bertz CT molecular complexity index is 488. The molecule has 0 fully saturated rings. The molecule has 0 aliphatic rings. The van der Waals surface area contributed by atoms with Crippen LogP contribution in [0, 0.1) is 6.92 Å². The minimum atomic E-state index is -0.0706. The van der Waals surface area contributed by atoms with Gasteiger partial charge in [-0.25, -0.2) is 0 Å². The first kappa shape index (κ1) is 8.69. The van der Waals surface area contributed by atoms with Gasteiger partial charge < -0.3 is 0 Å². The summed E-state index contributed by atoms with van der Waals surface area (Å²) in [6.07, 6.45) is 3.30. The second-order valence-corrected chi connectivity index (χ2v) is 3.02. The number of aryl methyl sites for hydroxylation is 1. The first-order chi connectivity index (χ1) is 6.79. The quantitative estimate of drug-likeness (QED) is 0.677. The van der Waals surface area contributed by atoms with Gasteiger partial charge in [0.2, 0.25) is 0 Å². The highest BCUT2D eigenvalue weighted by molar-refractivity contribution is 5.31. The Morgan fingerprint density at radius 1 is 1.21 bits per heavy atom. The smallest absolute Gasteiger partial charge is 0.276 e. The van der Waals surface area contributed by atoms with Gasteiger partial charge in [-0.15, -0.1) is 0 Å². The molecular formula is C11H10N2O. The van der Waals surface area contributed by atoms with Gasteiger partial charge in [0.1, 0.15) is 5.69 Å². The predicted molar refractivity (Wildman–Crippen MR) is 54.6 cm³/mol. The molecule has 2 aromatic rings. The third-order valence-corrected chi connectivity index (χ3v) is 2.05. The van der Waals surface area contributed by atoms with Gasteiger partial charge in [0.25, 0.3) is 5.56 Å². The zero-order valence-corrected chi connectivity index (χ0v) is 7.84. The Balaban J connectivity index is 2.64. The maximum absolute atomic E-state index is 11.7. The molecule has 0 aliphatic heterocycles. The number of rotatable bonds is 1. The zero-order chi connectivity index (χ0) is 9.97. The van der Waals surface area contributed by atoms with Gasteiger partial charge in [-0.3, -0.25) is 14.3 Å². The first-order valence-electron chi connectivity index (χ1n) is 4.39. The Morgan fingerprint density at radius 2 is 1.93 bits per heavy atom. The highest BCUT2D eigenvalue weighted by Gasteiger charge is 2.00. The summed E-state index contributed by atoms with van der Waals surface area (Å²) in [6.45, 7) is 1.71. The van der Waals surface area contributed by atoms with Crippen LogP contribution in [0.5, 0.6) is 0 Å². The van der Waals surface area contributed by atoms with E-state index in [4.69, 9.17) is 0 Å². The Morgan fingerprint density at radius 3 is 2.64 bits per heavy atom. The third kappa shape index (κ3) is 1.44. The molecule has 0 saturated carbocycles. The Kier molecular flexibility index (Phi) is 2.14. The molecule has 3 nitrogen and oxygen atoms in total. The van der Waals surface area contributed by atoms with E-state index in [1.54, 1.807) is 23.9 Å². The van der Waals surface area contributed by atoms with Crippen molar-refractivity contribution in [3.05, 3.63) is 58.8 Å². The van der Waals surface area contributed by atoms with Crippen molar-refractivity contribution in [1.29, 1.82) is 0 Å². The van der Waals surface area contributed by atoms with Crippen LogP contribution in [0.1, 0.15) is 5.69 Å². The molecule has 2 rings (SSSR count). The van der Waals surface area contributed by atoms with E-state index >= 15 is 0 Å².